The van der Waals surface area contributed by atoms with Gasteiger partial charge < -0.3 is 24.6 Å². The number of hydrogen-bond acceptors (Lipinski definition) is 6. The Labute approximate surface area is 196 Å². The maximum absolute atomic E-state index is 13.3. The summed E-state index contributed by atoms with van der Waals surface area (Å²) in [5, 5.41) is 15.0. The fourth-order valence-electron chi connectivity index (χ4n) is 4.43. The molecule has 1 aromatic carbocycles. The van der Waals surface area contributed by atoms with Crippen molar-refractivity contribution < 1.29 is 28.7 Å². The molecule has 0 unspecified atom stereocenters. The third-order valence-corrected chi connectivity index (χ3v) is 5.99. The van der Waals surface area contributed by atoms with Crippen molar-refractivity contribution >= 4 is 23.8 Å². The minimum atomic E-state index is -1.06. The van der Waals surface area contributed by atoms with E-state index in [0.717, 1.165) is 5.56 Å². The largest absolute Gasteiger partial charge is 0.481 e. The van der Waals surface area contributed by atoms with E-state index in [-0.39, 0.29) is 44.3 Å². The molecule has 11 heteroatoms. The van der Waals surface area contributed by atoms with Gasteiger partial charge in [-0.2, -0.15) is 0 Å². The molecule has 0 aliphatic carbocycles. The van der Waals surface area contributed by atoms with E-state index in [0.29, 0.717) is 12.3 Å². The zero-order chi connectivity index (χ0) is 24.2. The van der Waals surface area contributed by atoms with Gasteiger partial charge >= 0.3 is 12.0 Å². The third-order valence-electron chi connectivity index (χ3n) is 5.99. The van der Waals surface area contributed by atoms with Crippen molar-refractivity contribution in [2.45, 2.75) is 38.1 Å². The van der Waals surface area contributed by atoms with Crippen LogP contribution in [0.3, 0.4) is 0 Å². The molecule has 2 aromatic rings. The second kappa shape index (κ2) is 9.96. The summed E-state index contributed by atoms with van der Waals surface area (Å²) in [6, 6.07) is 11.5. The number of nitrogens with zero attached hydrogens (tertiary/aromatic N) is 4. The van der Waals surface area contributed by atoms with E-state index in [1.165, 1.54) is 26.1 Å². The van der Waals surface area contributed by atoms with Crippen LogP contribution >= 0.6 is 0 Å². The number of hydrogen-bond donors (Lipinski definition) is 2. The van der Waals surface area contributed by atoms with Gasteiger partial charge in [0.25, 0.3) is 0 Å². The molecule has 3 heterocycles. The van der Waals surface area contributed by atoms with Crippen molar-refractivity contribution in [2.75, 3.05) is 20.1 Å². The lowest BCUT2D eigenvalue weighted by Gasteiger charge is -2.54. The predicted octanol–water partition coefficient (Wildman–Crippen LogP) is 1.08. The van der Waals surface area contributed by atoms with E-state index < -0.39 is 24.2 Å². The number of carbonyl (C=O) groups is 4. The Morgan fingerprint density at radius 3 is 2.59 bits per heavy atom. The SMILES string of the molecule is CN1CC(=O)N2[C@@H](CCC(=O)O)C(=O)N(Cc3ccco3)C[C@@H]2N1C(=O)NCc1ccccc1. The van der Waals surface area contributed by atoms with Gasteiger partial charge in [0.15, 0.2) is 0 Å². The highest BCUT2D eigenvalue weighted by Gasteiger charge is 2.50. The number of amides is 4. The van der Waals surface area contributed by atoms with Crippen LogP contribution in [0.15, 0.2) is 53.1 Å². The highest BCUT2D eigenvalue weighted by atomic mass is 16.4. The molecule has 0 radical (unpaired) electrons. The Morgan fingerprint density at radius 2 is 1.91 bits per heavy atom. The minimum Gasteiger partial charge on any atom is -0.481 e. The number of carboxylic acid groups (broad SMARTS) is 1. The van der Waals surface area contributed by atoms with Crippen molar-refractivity contribution in [1.29, 1.82) is 0 Å². The number of piperazine rings is 1. The van der Waals surface area contributed by atoms with Crippen LogP contribution in [0.4, 0.5) is 4.79 Å². The molecule has 11 nitrogen and oxygen atoms in total. The lowest BCUT2D eigenvalue weighted by atomic mass is 10.0. The summed E-state index contributed by atoms with van der Waals surface area (Å²) in [6.07, 6.45) is 0.388. The van der Waals surface area contributed by atoms with Crippen LogP contribution in [0.1, 0.15) is 24.2 Å². The molecule has 2 aliphatic rings. The van der Waals surface area contributed by atoms with Crippen LogP contribution in [0, 0.1) is 0 Å². The molecule has 0 saturated carbocycles. The number of carbonyl (C=O) groups excluding carboxylic acids is 3. The first kappa shape index (κ1) is 23.3. The summed E-state index contributed by atoms with van der Waals surface area (Å²) in [5.41, 5.74) is 0.918. The number of nitrogens with one attached hydrogen (secondary N) is 1. The second-order valence-corrected chi connectivity index (χ2v) is 8.33. The summed E-state index contributed by atoms with van der Waals surface area (Å²) in [6.45, 7) is 0.404. The van der Waals surface area contributed by atoms with Gasteiger partial charge in [-0.15, -0.1) is 0 Å². The molecule has 0 bridgehead atoms. The number of furan rings is 1. The molecular weight excluding hydrogens is 442 g/mol. The molecule has 0 spiro atoms. The van der Waals surface area contributed by atoms with Crippen molar-refractivity contribution in [3.63, 3.8) is 0 Å². The summed E-state index contributed by atoms with van der Waals surface area (Å²) in [7, 11) is 1.64. The Morgan fingerprint density at radius 1 is 1.15 bits per heavy atom. The number of fused-ring (bicyclic) bond motifs is 1. The van der Waals surface area contributed by atoms with Crippen LogP contribution in [-0.4, -0.2) is 81.1 Å². The molecule has 1 aromatic heterocycles. The van der Waals surface area contributed by atoms with Gasteiger partial charge in [0, 0.05) is 20.0 Å². The average molecular weight is 469 g/mol. The van der Waals surface area contributed by atoms with Crippen LogP contribution in [-0.2, 0) is 27.5 Å². The van der Waals surface area contributed by atoms with Gasteiger partial charge in [-0.25, -0.2) is 14.8 Å². The fourth-order valence-corrected chi connectivity index (χ4v) is 4.43. The van der Waals surface area contributed by atoms with E-state index in [1.807, 2.05) is 30.3 Å². The highest BCUT2D eigenvalue weighted by molar-refractivity contribution is 5.91. The molecule has 4 amide bonds. The van der Waals surface area contributed by atoms with E-state index in [9.17, 15) is 24.3 Å². The smallest absolute Gasteiger partial charge is 0.334 e. The van der Waals surface area contributed by atoms with Gasteiger partial charge in [-0.05, 0) is 24.1 Å². The van der Waals surface area contributed by atoms with Crippen LogP contribution in [0.5, 0.6) is 0 Å². The maximum Gasteiger partial charge on any atom is 0.334 e. The number of likely N-dealkylation sites (N-methyl/N-ethyl adjacent to an activating group) is 1. The first-order chi connectivity index (χ1) is 16.3. The van der Waals surface area contributed by atoms with E-state index in [4.69, 9.17) is 4.42 Å². The lowest BCUT2D eigenvalue weighted by Crippen LogP contribution is -2.75. The molecule has 2 atom stereocenters. The monoisotopic (exact) mass is 469 g/mol. The fraction of sp³-hybridized carbons (Fsp3) is 0.391. The van der Waals surface area contributed by atoms with Crippen molar-refractivity contribution in [2.24, 2.45) is 0 Å². The Kier molecular flexibility index (Phi) is 6.82. The number of rotatable bonds is 7. The number of aliphatic carboxylic acids is 1. The normalized spacial score (nSPS) is 20.9. The van der Waals surface area contributed by atoms with Crippen molar-refractivity contribution in [1.82, 2.24) is 25.1 Å². The molecule has 2 aliphatic heterocycles. The number of urea groups is 1. The summed E-state index contributed by atoms with van der Waals surface area (Å²) >= 11 is 0. The standard InChI is InChI=1S/C23H27N5O6/c1-25-15-20(29)27-18(9-10-21(30)31)22(32)26(13-17-8-5-11-34-17)14-19(27)28(25)23(33)24-12-16-6-3-2-4-7-16/h2-8,11,18-19H,9-10,12-15H2,1H3,(H,24,33)(H,30,31)/t18-,19-/m0/s1. The number of hydrazine groups is 1. The van der Waals surface area contributed by atoms with Crippen LogP contribution in [0.25, 0.3) is 0 Å². The Bertz CT molecular complexity index is 1040. The zero-order valence-electron chi connectivity index (χ0n) is 18.8. The summed E-state index contributed by atoms with van der Waals surface area (Å²) < 4.78 is 5.39. The first-order valence-electron chi connectivity index (χ1n) is 11.0. The Hall–Kier alpha value is -3.86. The number of benzene rings is 1. The highest BCUT2D eigenvalue weighted by Crippen LogP contribution is 2.29. The summed E-state index contributed by atoms with van der Waals surface area (Å²) in [5.74, 6) is -1.21. The van der Waals surface area contributed by atoms with Gasteiger partial charge in [0.05, 0.1) is 25.9 Å². The predicted molar refractivity (Wildman–Crippen MR) is 119 cm³/mol. The van der Waals surface area contributed by atoms with Crippen LogP contribution in [0.2, 0.25) is 0 Å². The minimum absolute atomic E-state index is 0.0474. The topological polar surface area (TPSA) is 127 Å². The molecule has 2 fully saturated rings. The van der Waals surface area contributed by atoms with E-state index >= 15 is 0 Å². The Balaban J connectivity index is 1.60. The first-order valence-corrected chi connectivity index (χ1v) is 11.0. The second-order valence-electron chi connectivity index (χ2n) is 8.33. The van der Waals surface area contributed by atoms with Crippen molar-refractivity contribution in [3.05, 3.63) is 60.1 Å². The van der Waals surface area contributed by atoms with Crippen LogP contribution < -0.4 is 5.32 Å². The molecular formula is C23H27N5O6. The van der Waals surface area contributed by atoms with Crippen molar-refractivity contribution in [3.8, 4) is 0 Å². The summed E-state index contributed by atoms with van der Waals surface area (Å²) in [4.78, 5) is 53.7. The third kappa shape index (κ3) is 4.88. The van der Waals surface area contributed by atoms with Gasteiger partial charge in [-0.1, -0.05) is 30.3 Å². The van der Waals surface area contributed by atoms with E-state index in [2.05, 4.69) is 5.32 Å². The molecule has 34 heavy (non-hydrogen) atoms. The van der Waals surface area contributed by atoms with E-state index in [1.54, 1.807) is 19.2 Å². The number of carboxylic acids is 1. The molecule has 2 N–H and O–H groups in total. The zero-order valence-corrected chi connectivity index (χ0v) is 18.8. The maximum atomic E-state index is 13.3. The average Bonchev–Trinajstić information content (AvgIpc) is 3.31. The lowest BCUT2D eigenvalue weighted by molar-refractivity contribution is -0.188. The van der Waals surface area contributed by atoms with Gasteiger partial charge in [0.1, 0.15) is 18.0 Å². The molecule has 4 rings (SSSR count). The van der Waals surface area contributed by atoms with Gasteiger partial charge in [0.2, 0.25) is 11.8 Å². The quantitative estimate of drug-likeness (QED) is 0.621. The van der Waals surface area contributed by atoms with Gasteiger partial charge in [-0.3, -0.25) is 14.4 Å². The molecule has 180 valence electrons. The molecule has 2 saturated heterocycles.